The number of amides is 1. The van der Waals surface area contributed by atoms with Crippen molar-refractivity contribution in [3.05, 3.63) is 41.4 Å². The van der Waals surface area contributed by atoms with Crippen LogP contribution >= 0.6 is 11.6 Å². The number of aryl methyl sites for hydroxylation is 1. The summed E-state index contributed by atoms with van der Waals surface area (Å²) >= 11 is 6.21. The van der Waals surface area contributed by atoms with E-state index in [1.807, 2.05) is 28.8 Å². The second-order valence-electron chi connectivity index (χ2n) is 6.17. The molecular weight excluding hydrogens is 314 g/mol. The molecule has 1 aliphatic carbocycles. The number of hydrogen-bond donors (Lipinski definition) is 1. The van der Waals surface area contributed by atoms with Gasteiger partial charge in [-0.25, -0.2) is 0 Å². The van der Waals surface area contributed by atoms with Gasteiger partial charge < -0.3 is 10.2 Å². The quantitative estimate of drug-likeness (QED) is 0.934. The number of hydrogen-bond acceptors (Lipinski definition) is 4. The molecule has 2 aliphatic rings. The minimum atomic E-state index is -0.0293. The van der Waals surface area contributed by atoms with Crippen molar-refractivity contribution in [1.29, 1.82) is 0 Å². The molecule has 4 rings (SSSR count). The Kier molecular flexibility index (Phi) is 3.49. The smallest absolute Gasteiger partial charge is 0.225 e. The molecule has 0 unspecified atom stereocenters. The normalized spacial score (nSPS) is 24.3. The van der Waals surface area contributed by atoms with Crippen molar-refractivity contribution in [1.82, 2.24) is 19.7 Å². The standard InChI is InChI=1S/C16H18ClN5O/c1-21-14(5-7-19-21)16-13(8-15(23)22(16)10-2-3-10)20-12-4-6-18-9-11(12)17/h4-7,9-10,13,16H,2-3,8H2,1H3,(H,18,20)/t13-,16-/m1/s1. The van der Waals surface area contributed by atoms with Crippen LogP contribution in [0.2, 0.25) is 5.02 Å². The fraction of sp³-hybridized carbons (Fsp3) is 0.438. The fourth-order valence-electron chi connectivity index (χ4n) is 3.38. The van der Waals surface area contributed by atoms with Gasteiger partial charge in [0.25, 0.3) is 0 Å². The van der Waals surface area contributed by atoms with E-state index in [-0.39, 0.29) is 18.0 Å². The van der Waals surface area contributed by atoms with Gasteiger partial charge in [-0.05, 0) is 25.0 Å². The predicted octanol–water partition coefficient (Wildman–Crippen LogP) is 2.39. The van der Waals surface area contributed by atoms with E-state index in [0.717, 1.165) is 24.2 Å². The first kappa shape index (κ1) is 14.5. The fourth-order valence-corrected chi connectivity index (χ4v) is 3.56. The Bertz CT molecular complexity index is 742. The van der Waals surface area contributed by atoms with Crippen molar-refractivity contribution in [2.75, 3.05) is 5.32 Å². The van der Waals surface area contributed by atoms with Gasteiger partial charge in [-0.1, -0.05) is 11.6 Å². The number of halogens is 1. The first-order valence-corrected chi connectivity index (χ1v) is 8.18. The molecule has 1 saturated carbocycles. The molecule has 7 heteroatoms. The predicted molar refractivity (Wildman–Crippen MR) is 87.1 cm³/mol. The molecule has 1 saturated heterocycles. The minimum Gasteiger partial charge on any atom is -0.378 e. The molecule has 6 nitrogen and oxygen atoms in total. The summed E-state index contributed by atoms with van der Waals surface area (Å²) in [6.45, 7) is 0. The van der Waals surface area contributed by atoms with Gasteiger partial charge in [0.2, 0.25) is 5.91 Å². The summed E-state index contributed by atoms with van der Waals surface area (Å²) < 4.78 is 1.85. The molecule has 2 aromatic heterocycles. The number of nitrogens with one attached hydrogen (secondary N) is 1. The van der Waals surface area contributed by atoms with Gasteiger partial charge in [-0.2, -0.15) is 5.10 Å². The Morgan fingerprint density at radius 2 is 2.13 bits per heavy atom. The number of pyridine rings is 1. The summed E-state index contributed by atoms with van der Waals surface area (Å²) in [5.41, 5.74) is 1.86. The maximum absolute atomic E-state index is 12.6. The molecule has 1 aliphatic heterocycles. The Balaban J connectivity index is 1.68. The average Bonchev–Trinajstić information content (AvgIpc) is 3.20. The molecule has 1 amide bonds. The second-order valence-corrected chi connectivity index (χ2v) is 6.57. The van der Waals surface area contributed by atoms with Crippen molar-refractivity contribution >= 4 is 23.2 Å². The van der Waals surface area contributed by atoms with Crippen LogP contribution in [0.5, 0.6) is 0 Å². The molecule has 2 aromatic rings. The highest BCUT2D eigenvalue weighted by Gasteiger charge is 2.48. The molecular formula is C16H18ClN5O. The van der Waals surface area contributed by atoms with Crippen molar-refractivity contribution in [2.24, 2.45) is 7.05 Å². The van der Waals surface area contributed by atoms with Crippen molar-refractivity contribution in [2.45, 2.75) is 37.4 Å². The highest BCUT2D eigenvalue weighted by Crippen LogP contribution is 2.43. The topological polar surface area (TPSA) is 63.1 Å². The van der Waals surface area contributed by atoms with Crippen LogP contribution in [0.1, 0.15) is 31.0 Å². The van der Waals surface area contributed by atoms with Crippen molar-refractivity contribution in [3.63, 3.8) is 0 Å². The lowest BCUT2D eigenvalue weighted by molar-refractivity contribution is -0.129. The number of rotatable bonds is 4. The molecule has 120 valence electrons. The molecule has 2 fully saturated rings. The van der Waals surface area contributed by atoms with E-state index in [4.69, 9.17) is 11.6 Å². The van der Waals surface area contributed by atoms with E-state index < -0.39 is 0 Å². The van der Waals surface area contributed by atoms with Crippen molar-refractivity contribution in [3.8, 4) is 0 Å². The zero-order chi connectivity index (χ0) is 16.0. The summed E-state index contributed by atoms with van der Waals surface area (Å²) in [5.74, 6) is 0.196. The summed E-state index contributed by atoms with van der Waals surface area (Å²) in [7, 11) is 1.92. The average molecular weight is 332 g/mol. The monoisotopic (exact) mass is 331 g/mol. The van der Waals surface area contributed by atoms with Crippen LogP contribution in [-0.2, 0) is 11.8 Å². The summed E-state index contributed by atoms with van der Waals surface area (Å²) in [6, 6.07) is 4.14. The largest absolute Gasteiger partial charge is 0.378 e. The van der Waals surface area contributed by atoms with Gasteiger partial charge in [-0.15, -0.1) is 0 Å². The number of aromatic nitrogens is 3. The molecule has 23 heavy (non-hydrogen) atoms. The van der Waals surface area contributed by atoms with Crippen LogP contribution in [-0.4, -0.2) is 37.7 Å². The summed E-state index contributed by atoms with van der Waals surface area (Å²) in [4.78, 5) is 18.6. The highest BCUT2D eigenvalue weighted by molar-refractivity contribution is 6.33. The van der Waals surface area contributed by atoms with Crippen molar-refractivity contribution < 1.29 is 4.79 Å². The summed E-state index contributed by atoms with van der Waals surface area (Å²) in [6.07, 6.45) is 7.72. The highest BCUT2D eigenvalue weighted by atomic mass is 35.5. The molecule has 1 N–H and O–H groups in total. The number of carbonyl (C=O) groups is 1. The van der Waals surface area contributed by atoms with Gasteiger partial charge in [0.1, 0.15) is 0 Å². The SMILES string of the molecule is Cn1nccc1[C@H]1[C@H](Nc2ccncc2Cl)CC(=O)N1C1CC1. The Morgan fingerprint density at radius 1 is 1.30 bits per heavy atom. The van der Waals surface area contributed by atoms with E-state index in [0.29, 0.717) is 17.5 Å². The Labute approximate surface area is 139 Å². The number of carbonyl (C=O) groups excluding carboxylic acids is 1. The molecule has 0 bridgehead atoms. The minimum absolute atomic E-state index is 0.0215. The molecule has 0 aromatic carbocycles. The van der Waals surface area contributed by atoms with Crippen LogP contribution in [0.3, 0.4) is 0 Å². The maximum Gasteiger partial charge on any atom is 0.225 e. The lowest BCUT2D eigenvalue weighted by Gasteiger charge is -2.29. The van der Waals surface area contributed by atoms with E-state index in [2.05, 4.69) is 15.4 Å². The molecule has 0 radical (unpaired) electrons. The van der Waals surface area contributed by atoms with Gasteiger partial charge in [0.05, 0.1) is 28.5 Å². The number of anilines is 1. The van der Waals surface area contributed by atoms with Gasteiger partial charge >= 0.3 is 0 Å². The van der Waals surface area contributed by atoms with Gasteiger partial charge in [0, 0.05) is 38.1 Å². The first-order chi connectivity index (χ1) is 11.1. The molecule has 3 heterocycles. The van der Waals surface area contributed by atoms with Crippen LogP contribution in [0.15, 0.2) is 30.7 Å². The van der Waals surface area contributed by atoms with Crippen LogP contribution in [0.25, 0.3) is 0 Å². The van der Waals surface area contributed by atoms with Gasteiger partial charge in [0.15, 0.2) is 0 Å². The number of likely N-dealkylation sites (tertiary alicyclic amines) is 1. The summed E-state index contributed by atoms with van der Waals surface area (Å²) in [5, 5.41) is 8.28. The molecule has 2 atom stereocenters. The third-order valence-electron chi connectivity index (χ3n) is 4.58. The van der Waals surface area contributed by atoms with E-state index in [1.54, 1.807) is 18.6 Å². The lowest BCUT2D eigenvalue weighted by Crippen LogP contribution is -2.35. The van der Waals surface area contributed by atoms with Crippen LogP contribution < -0.4 is 5.32 Å². The third kappa shape index (κ3) is 2.57. The first-order valence-electron chi connectivity index (χ1n) is 7.80. The Morgan fingerprint density at radius 3 is 2.78 bits per heavy atom. The lowest BCUT2D eigenvalue weighted by atomic mass is 10.0. The van der Waals surface area contributed by atoms with E-state index in [9.17, 15) is 4.79 Å². The van der Waals surface area contributed by atoms with E-state index >= 15 is 0 Å². The Hall–Kier alpha value is -2.08. The van der Waals surface area contributed by atoms with Crippen LogP contribution in [0.4, 0.5) is 5.69 Å². The third-order valence-corrected chi connectivity index (χ3v) is 4.88. The zero-order valence-corrected chi connectivity index (χ0v) is 13.6. The van der Waals surface area contributed by atoms with E-state index in [1.165, 1.54) is 0 Å². The van der Waals surface area contributed by atoms with Crippen LogP contribution in [0, 0.1) is 0 Å². The number of nitrogens with zero attached hydrogens (tertiary/aromatic N) is 4. The van der Waals surface area contributed by atoms with Gasteiger partial charge in [-0.3, -0.25) is 14.5 Å². The molecule has 0 spiro atoms. The second kappa shape index (κ2) is 5.53. The maximum atomic E-state index is 12.6. The zero-order valence-electron chi connectivity index (χ0n) is 12.8.